The van der Waals surface area contributed by atoms with E-state index < -0.39 is 12.2 Å². The zero-order valence-electron chi connectivity index (χ0n) is 16.0. The van der Waals surface area contributed by atoms with Crippen molar-refractivity contribution in [3.63, 3.8) is 0 Å². The molecule has 0 unspecified atom stereocenters. The van der Waals surface area contributed by atoms with Crippen molar-refractivity contribution in [1.82, 2.24) is 14.7 Å². The number of likely N-dealkylation sites (tertiary alicyclic amines) is 1. The number of piperidine rings is 1. The van der Waals surface area contributed by atoms with Crippen LogP contribution in [0.1, 0.15) is 18.4 Å². The number of ether oxygens (including phenoxy) is 1. The average Bonchev–Trinajstić information content (AvgIpc) is 3.00. The molecule has 0 saturated carbocycles. The molecule has 1 aromatic rings. The van der Waals surface area contributed by atoms with Crippen molar-refractivity contribution in [2.45, 2.75) is 24.9 Å². The van der Waals surface area contributed by atoms with E-state index in [0.29, 0.717) is 39.0 Å². The van der Waals surface area contributed by atoms with E-state index in [4.69, 9.17) is 9.84 Å². The van der Waals surface area contributed by atoms with E-state index in [0.717, 1.165) is 19.5 Å². The Hall–Kier alpha value is -2.12. The van der Waals surface area contributed by atoms with E-state index in [-0.39, 0.29) is 12.0 Å². The third-order valence-electron chi connectivity index (χ3n) is 5.58. The number of hydrogen-bond donors (Lipinski definition) is 1. The Morgan fingerprint density at radius 1 is 1.22 bits per heavy atom. The van der Waals surface area contributed by atoms with Crippen LogP contribution >= 0.6 is 0 Å². The number of rotatable bonds is 7. The summed E-state index contributed by atoms with van der Waals surface area (Å²) >= 11 is 0. The van der Waals surface area contributed by atoms with Crippen molar-refractivity contribution in [2.24, 2.45) is 0 Å². The van der Waals surface area contributed by atoms with Crippen molar-refractivity contribution >= 4 is 12.0 Å². The topological polar surface area (TPSA) is 73.3 Å². The fourth-order valence-electron chi connectivity index (χ4n) is 3.76. The second kappa shape index (κ2) is 8.71. The van der Waals surface area contributed by atoms with Gasteiger partial charge in [0, 0.05) is 45.6 Å². The van der Waals surface area contributed by atoms with Crippen LogP contribution < -0.4 is 0 Å². The number of carbonyl (C=O) groups excluding carboxylic acids is 2. The number of amides is 2. The summed E-state index contributed by atoms with van der Waals surface area (Å²) in [4.78, 5) is 29.5. The minimum Gasteiger partial charge on any atom is -0.441 e. The fraction of sp³-hybridized carbons (Fsp3) is 0.600. The lowest BCUT2D eigenvalue weighted by atomic mass is 9.91. The number of likely N-dealkylation sites (N-methyl/N-ethyl adjacent to an activating group) is 1. The first-order valence-electron chi connectivity index (χ1n) is 9.60. The first kappa shape index (κ1) is 19.6. The van der Waals surface area contributed by atoms with Gasteiger partial charge in [-0.25, -0.2) is 4.79 Å². The summed E-state index contributed by atoms with van der Waals surface area (Å²) in [5.74, 6) is -0.258. The molecule has 3 rings (SSSR count). The number of aliphatic hydroxyl groups is 1. The van der Waals surface area contributed by atoms with E-state index in [9.17, 15) is 9.59 Å². The molecule has 2 heterocycles. The molecule has 2 aliphatic rings. The normalized spacial score (nSPS) is 19.0. The monoisotopic (exact) mass is 375 g/mol. The quantitative estimate of drug-likeness (QED) is 0.769. The van der Waals surface area contributed by atoms with E-state index in [2.05, 4.69) is 36.2 Å². The number of benzene rings is 1. The van der Waals surface area contributed by atoms with E-state index in [1.54, 1.807) is 9.80 Å². The van der Waals surface area contributed by atoms with Crippen LogP contribution in [0.3, 0.4) is 0 Å². The van der Waals surface area contributed by atoms with Crippen LogP contribution in [-0.4, -0.2) is 90.3 Å². The van der Waals surface area contributed by atoms with Gasteiger partial charge in [0.05, 0.1) is 6.54 Å². The van der Waals surface area contributed by atoms with Gasteiger partial charge in [-0.2, -0.15) is 0 Å². The van der Waals surface area contributed by atoms with Crippen molar-refractivity contribution in [2.75, 3.05) is 52.9 Å². The number of hydrogen-bond acceptors (Lipinski definition) is 5. The molecule has 0 aromatic heterocycles. The third-order valence-corrected chi connectivity index (χ3v) is 5.58. The van der Waals surface area contributed by atoms with E-state index in [1.807, 2.05) is 6.07 Å². The molecule has 1 aromatic carbocycles. The average molecular weight is 375 g/mol. The summed E-state index contributed by atoms with van der Waals surface area (Å²) < 4.78 is 5.69. The number of carbonyl (C=O) groups is 2. The van der Waals surface area contributed by atoms with Gasteiger partial charge in [0.2, 0.25) is 5.91 Å². The largest absolute Gasteiger partial charge is 0.441 e. The Labute approximate surface area is 160 Å². The Morgan fingerprint density at radius 2 is 1.93 bits per heavy atom. The van der Waals surface area contributed by atoms with Gasteiger partial charge in [0.25, 0.3) is 0 Å². The highest BCUT2D eigenvalue weighted by molar-refractivity contribution is 5.77. The summed E-state index contributed by atoms with van der Waals surface area (Å²) in [7, 11) is 2.07. The molecule has 0 atom stereocenters. The third kappa shape index (κ3) is 4.99. The minimum absolute atomic E-state index is 0.256. The van der Waals surface area contributed by atoms with Gasteiger partial charge in [0.15, 0.2) is 0 Å². The standard InChI is InChI=1S/C20H29N3O4/c1-21(10-7-17-5-3-2-4-6-17)13-14-23-16-20(27-19(23)26)8-11-22(12-9-20)18(25)15-24/h2-6,24H,7-16H2,1H3. The molecule has 7 heteroatoms. The lowest BCUT2D eigenvalue weighted by molar-refractivity contribution is -0.137. The Kier molecular flexibility index (Phi) is 6.34. The zero-order valence-corrected chi connectivity index (χ0v) is 16.0. The van der Waals surface area contributed by atoms with Gasteiger partial charge in [-0.05, 0) is 19.0 Å². The van der Waals surface area contributed by atoms with Crippen LogP contribution in [0.5, 0.6) is 0 Å². The van der Waals surface area contributed by atoms with Crippen LogP contribution in [0.15, 0.2) is 30.3 Å². The van der Waals surface area contributed by atoms with Gasteiger partial charge in [-0.1, -0.05) is 30.3 Å². The van der Waals surface area contributed by atoms with Gasteiger partial charge in [0.1, 0.15) is 12.2 Å². The highest BCUT2D eigenvalue weighted by atomic mass is 16.6. The van der Waals surface area contributed by atoms with Crippen LogP contribution in [0.2, 0.25) is 0 Å². The molecular formula is C20H29N3O4. The summed E-state index contributed by atoms with van der Waals surface area (Å²) in [5, 5.41) is 8.98. The predicted octanol–water partition coefficient (Wildman–Crippen LogP) is 0.967. The second-order valence-electron chi connectivity index (χ2n) is 7.55. The predicted molar refractivity (Wildman–Crippen MR) is 101 cm³/mol. The molecule has 7 nitrogen and oxygen atoms in total. The maximum absolute atomic E-state index is 12.3. The summed E-state index contributed by atoms with van der Waals surface area (Å²) in [6, 6.07) is 10.4. The molecule has 0 radical (unpaired) electrons. The van der Waals surface area contributed by atoms with Crippen LogP contribution in [0, 0.1) is 0 Å². The summed E-state index contributed by atoms with van der Waals surface area (Å²) in [5.41, 5.74) is 0.833. The Bertz CT molecular complexity index is 644. The second-order valence-corrected chi connectivity index (χ2v) is 7.55. The summed E-state index contributed by atoms with van der Waals surface area (Å²) in [6.07, 6.45) is 1.99. The molecule has 0 aliphatic carbocycles. The van der Waals surface area contributed by atoms with Gasteiger partial charge >= 0.3 is 6.09 Å². The number of nitrogens with zero attached hydrogens (tertiary/aromatic N) is 3. The first-order chi connectivity index (χ1) is 13.0. The van der Waals surface area contributed by atoms with Gasteiger partial charge in [-0.3, -0.25) is 4.79 Å². The Balaban J connectivity index is 1.42. The van der Waals surface area contributed by atoms with Crippen LogP contribution in [0.25, 0.3) is 0 Å². The number of aliphatic hydroxyl groups excluding tert-OH is 1. The fourth-order valence-corrected chi connectivity index (χ4v) is 3.76. The molecule has 27 heavy (non-hydrogen) atoms. The molecule has 2 fully saturated rings. The van der Waals surface area contributed by atoms with Gasteiger partial charge in [-0.15, -0.1) is 0 Å². The highest BCUT2D eigenvalue weighted by Crippen LogP contribution is 2.33. The van der Waals surface area contributed by atoms with Crippen LogP contribution in [-0.2, 0) is 16.0 Å². The first-order valence-corrected chi connectivity index (χ1v) is 9.60. The van der Waals surface area contributed by atoms with Gasteiger partial charge < -0.3 is 24.5 Å². The molecular weight excluding hydrogens is 346 g/mol. The van der Waals surface area contributed by atoms with Crippen molar-refractivity contribution in [3.05, 3.63) is 35.9 Å². The maximum Gasteiger partial charge on any atom is 0.410 e. The zero-order chi connectivity index (χ0) is 19.3. The molecule has 2 saturated heterocycles. The van der Waals surface area contributed by atoms with Crippen molar-refractivity contribution in [3.8, 4) is 0 Å². The maximum atomic E-state index is 12.3. The van der Waals surface area contributed by atoms with E-state index in [1.165, 1.54) is 5.56 Å². The molecule has 2 amide bonds. The SMILES string of the molecule is CN(CCc1ccccc1)CCN1CC2(CCN(C(=O)CO)CC2)OC1=O. The van der Waals surface area contributed by atoms with E-state index >= 15 is 0 Å². The molecule has 148 valence electrons. The lowest BCUT2D eigenvalue weighted by Gasteiger charge is -2.37. The van der Waals surface area contributed by atoms with Crippen molar-refractivity contribution < 1.29 is 19.4 Å². The smallest absolute Gasteiger partial charge is 0.410 e. The molecule has 0 bridgehead atoms. The molecule has 1 N–H and O–H groups in total. The molecule has 2 aliphatic heterocycles. The Morgan fingerprint density at radius 3 is 2.59 bits per heavy atom. The minimum atomic E-state index is -0.480. The molecule has 1 spiro atoms. The van der Waals surface area contributed by atoms with Crippen molar-refractivity contribution in [1.29, 1.82) is 0 Å². The highest BCUT2D eigenvalue weighted by Gasteiger charge is 2.47. The summed E-state index contributed by atoms with van der Waals surface area (Å²) in [6.45, 7) is 3.55. The van der Waals surface area contributed by atoms with Crippen LogP contribution in [0.4, 0.5) is 4.79 Å². The lowest BCUT2D eigenvalue weighted by Crippen LogP contribution is -2.49.